The number of terminal acetylenes is 1. The van der Waals surface area contributed by atoms with Crippen LogP contribution in [0.4, 0.5) is 4.79 Å². The van der Waals surface area contributed by atoms with Gasteiger partial charge in [-0.3, -0.25) is 10.1 Å². The molecule has 0 heterocycles. The monoisotopic (exact) mass is 334 g/mol. The zero-order valence-corrected chi connectivity index (χ0v) is 13.8. The number of fused-ring (bicyclic) bond motifs is 3. The van der Waals surface area contributed by atoms with Gasteiger partial charge in [-0.2, -0.15) is 0 Å². The first-order valence-corrected chi connectivity index (χ1v) is 7.95. The number of carbonyl (C=O) groups excluding carboxylic acids is 2. The second-order valence-corrected chi connectivity index (χ2v) is 5.68. The van der Waals surface area contributed by atoms with Gasteiger partial charge in [0, 0.05) is 13.0 Å². The molecule has 0 aliphatic heterocycles. The van der Waals surface area contributed by atoms with Gasteiger partial charge in [0.25, 0.3) is 5.91 Å². The highest BCUT2D eigenvalue weighted by Gasteiger charge is 2.29. The summed E-state index contributed by atoms with van der Waals surface area (Å²) in [6, 6.07) is 15.1. The SMILES string of the molecule is C#C[C@H](NC(=O)OCC1c2ccccc2-c2ccccc21)C(=O)NC. The highest BCUT2D eigenvalue weighted by atomic mass is 16.5. The Morgan fingerprint density at radius 2 is 1.68 bits per heavy atom. The van der Waals surface area contributed by atoms with E-state index in [1.165, 1.54) is 7.05 Å². The molecule has 0 saturated heterocycles. The molecule has 1 atom stereocenters. The predicted octanol–water partition coefficient (Wildman–Crippen LogP) is 2.27. The molecule has 2 aromatic carbocycles. The minimum Gasteiger partial charge on any atom is -0.449 e. The Morgan fingerprint density at radius 3 is 2.20 bits per heavy atom. The number of hydrogen-bond acceptors (Lipinski definition) is 3. The van der Waals surface area contributed by atoms with Gasteiger partial charge in [-0.25, -0.2) is 4.79 Å². The lowest BCUT2D eigenvalue weighted by Crippen LogP contribution is -2.45. The highest BCUT2D eigenvalue weighted by molar-refractivity contribution is 5.88. The van der Waals surface area contributed by atoms with Crippen molar-refractivity contribution in [2.24, 2.45) is 0 Å². The third-order valence-corrected chi connectivity index (χ3v) is 4.28. The third-order valence-electron chi connectivity index (χ3n) is 4.28. The molecular weight excluding hydrogens is 316 g/mol. The molecule has 0 radical (unpaired) electrons. The number of rotatable bonds is 4. The average molecular weight is 334 g/mol. The van der Waals surface area contributed by atoms with Crippen molar-refractivity contribution in [3.8, 4) is 23.5 Å². The molecule has 5 nitrogen and oxygen atoms in total. The molecule has 0 unspecified atom stereocenters. The molecule has 1 aliphatic carbocycles. The molecule has 2 aromatic rings. The van der Waals surface area contributed by atoms with E-state index in [-0.39, 0.29) is 12.5 Å². The van der Waals surface area contributed by atoms with Gasteiger partial charge < -0.3 is 10.1 Å². The van der Waals surface area contributed by atoms with E-state index in [0.717, 1.165) is 22.3 Å². The number of carbonyl (C=O) groups is 2. The molecule has 2 N–H and O–H groups in total. The van der Waals surface area contributed by atoms with Crippen molar-refractivity contribution in [2.75, 3.05) is 13.7 Å². The molecule has 0 fully saturated rings. The molecule has 0 spiro atoms. The van der Waals surface area contributed by atoms with Gasteiger partial charge in [-0.05, 0) is 22.3 Å². The van der Waals surface area contributed by atoms with Crippen LogP contribution in [0.25, 0.3) is 11.1 Å². The van der Waals surface area contributed by atoms with E-state index >= 15 is 0 Å². The van der Waals surface area contributed by atoms with Crippen molar-refractivity contribution in [3.63, 3.8) is 0 Å². The van der Waals surface area contributed by atoms with Crippen LogP contribution in [0.2, 0.25) is 0 Å². The molecule has 5 heteroatoms. The van der Waals surface area contributed by atoms with Crippen molar-refractivity contribution < 1.29 is 14.3 Å². The third kappa shape index (κ3) is 3.20. The number of hydrogen-bond donors (Lipinski definition) is 2. The van der Waals surface area contributed by atoms with Gasteiger partial charge in [0.15, 0.2) is 6.04 Å². The van der Waals surface area contributed by atoms with Crippen LogP contribution in [0.3, 0.4) is 0 Å². The fourth-order valence-electron chi connectivity index (χ4n) is 3.09. The normalized spacial score (nSPS) is 13.1. The second-order valence-electron chi connectivity index (χ2n) is 5.68. The lowest BCUT2D eigenvalue weighted by atomic mass is 9.98. The quantitative estimate of drug-likeness (QED) is 0.843. The summed E-state index contributed by atoms with van der Waals surface area (Å²) in [6.07, 6.45) is 4.55. The van der Waals surface area contributed by atoms with E-state index in [4.69, 9.17) is 11.2 Å². The van der Waals surface area contributed by atoms with Crippen LogP contribution in [0, 0.1) is 12.3 Å². The van der Waals surface area contributed by atoms with Gasteiger partial charge in [0.05, 0.1) is 0 Å². The van der Waals surface area contributed by atoms with Crippen molar-refractivity contribution in [2.45, 2.75) is 12.0 Å². The van der Waals surface area contributed by atoms with E-state index in [2.05, 4.69) is 28.7 Å². The molecule has 2 amide bonds. The number of alkyl carbamates (subject to hydrolysis) is 1. The number of likely N-dealkylation sites (N-methyl/N-ethyl adjacent to an activating group) is 1. The molecule has 25 heavy (non-hydrogen) atoms. The number of amides is 2. The molecule has 0 bridgehead atoms. The van der Waals surface area contributed by atoms with E-state index in [1.807, 2.05) is 36.4 Å². The largest absolute Gasteiger partial charge is 0.449 e. The van der Waals surface area contributed by atoms with Crippen LogP contribution in [-0.4, -0.2) is 31.7 Å². The van der Waals surface area contributed by atoms with Gasteiger partial charge in [-0.15, -0.1) is 6.42 Å². The average Bonchev–Trinajstić information content (AvgIpc) is 2.98. The van der Waals surface area contributed by atoms with Gasteiger partial charge in [0.2, 0.25) is 0 Å². The Morgan fingerprint density at radius 1 is 1.12 bits per heavy atom. The van der Waals surface area contributed by atoms with Crippen LogP contribution in [-0.2, 0) is 9.53 Å². The molecule has 126 valence electrons. The van der Waals surface area contributed by atoms with Gasteiger partial charge in [-0.1, -0.05) is 54.5 Å². The van der Waals surface area contributed by atoms with Crippen LogP contribution >= 0.6 is 0 Å². The van der Waals surface area contributed by atoms with Crippen molar-refractivity contribution in [1.29, 1.82) is 0 Å². The zero-order chi connectivity index (χ0) is 17.8. The van der Waals surface area contributed by atoms with Crippen LogP contribution in [0.15, 0.2) is 48.5 Å². The molecular formula is C20H18N2O3. The number of nitrogens with one attached hydrogen (secondary N) is 2. The standard InChI is InChI=1S/C20H18N2O3/c1-3-18(19(23)21-2)22-20(24)25-12-17-15-10-6-4-8-13(15)14-9-5-7-11-16(14)17/h1,4-11,17-18H,12H2,2H3,(H,21,23)(H,22,24)/t18-/m0/s1. The van der Waals surface area contributed by atoms with Crippen molar-refractivity contribution >= 4 is 12.0 Å². The van der Waals surface area contributed by atoms with Gasteiger partial charge >= 0.3 is 6.09 Å². The summed E-state index contributed by atoms with van der Waals surface area (Å²) >= 11 is 0. The maximum atomic E-state index is 12.0. The Balaban J connectivity index is 1.73. The fourth-order valence-corrected chi connectivity index (χ4v) is 3.09. The van der Waals surface area contributed by atoms with E-state index in [9.17, 15) is 9.59 Å². The molecule has 0 aromatic heterocycles. The molecule has 3 rings (SSSR count). The zero-order valence-electron chi connectivity index (χ0n) is 13.8. The van der Waals surface area contributed by atoms with Crippen LogP contribution in [0.5, 0.6) is 0 Å². The van der Waals surface area contributed by atoms with Crippen molar-refractivity contribution in [3.05, 3.63) is 59.7 Å². The highest BCUT2D eigenvalue weighted by Crippen LogP contribution is 2.44. The van der Waals surface area contributed by atoms with Crippen molar-refractivity contribution in [1.82, 2.24) is 10.6 Å². The minimum absolute atomic E-state index is 0.0394. The summed E-state index contributed by atoms with van der Waals surface area (Å²) in [7, 11) is 1.45. The van der Waals surface area contributed by atoms with E-state index in [0.29, 0.717) is 0 Å². The first-order chi connectivity index (χ1) is 12.2. The lowest BCUT2D eigenvalue weighted by molar-refractivity contribution is -0.121. The number of benzene rings is 2. The topological polar surface area (TPSA) is 67.4 Å². The Bertz CT molecular complexity index is 809. The van der Waals surface area contributed by atoms with E-state index < -0.39 is 18.0 Å². The summed E-state index contributed by atoms with van der Waals surface area (Å²) in [6.45, 7) is 0.172. The summed E-state index contributed by atoms with van der Waals surface area (Å²) in [5, 5.41) is 4.77. The predicted molar refractivity (Wildman–Crippen MR) is 94.9 cm³/mol. The summed E-state index contributed by atoms with van der Waals surface area (Å²) in [5.74, 6) is 1.72. The smallest absolute Gasteiger partial charge is 0.408 e. The minimum atomic E-state index is -1.05. The first kappa shape index (κ1) is 16.6. The number of ether oxygens (including phenoxy) is 1. The molecule has 0 saturated carbocycles. The maximum absolute atomic E-state index is 12.0. The summed E-state index contributed by atoms with van der Waals surface area (Å²) < 4.78 is 5.34. The molecule has 1 aliphatic rings. The first-order valence-electron chi connectivity index (χ1n) is 7.95. The summed E-state index contributed by atoms with van der Waals surface area (Å²) in [4.78, 5) is 23.5. The van der Waals surface area contributed by atoms with Gasteiger partial charge in [0.1, 0.15) is 6.61 Å². The van der Waals surface area contributed by atoms with Crippen LogP contribution in [0.1, 0.15) is 17.0 Å². The second kappa shape index (κ2) is 7.10. The lowest BCUT2D eigenvalue weighted by Gasteiger charge is -2.16. The Labute approximate surface area is 146 Å². The summed E-state index contributed by atoms with van der Waals surface area (Å²) in [5.41, 5.74) is 4.55. The Hall–Kier alpha value is -3.26. The van der Waals surface area contributed by atoms with Crippen LogP contribution < -0.4 is 10.6 Å². The Kier molecular flexibility index (Phi) is 4.71. The maximum Gasteiger partial charge on any atom is 0.408 e. The van der Waals surface area contributed by atoms with E-state index in [1.54, 1.807) is 0 Å². The fraction of sp³-hybridized carbons (Fsp3) is 0.200.